The van der Waals surface area contributed by atoms with E-state index in [9.17, 15) is 9.59 Å². The lowest BCUT2D eigenvalue weighted by Gasteiger charge is -2.21. The maximum absolute atomic E-state index is 11.6. The summed E-state index contributed by atoms with van der Waals surface area (Å²) in [6, 6.07) is 1.99. The van der Waals surface area contributed by atoms with Crippen LogP contribution in [-0.2, 0) is 4.79 Å². The molecular weight excluding hydrogens is 210 g/mol. The van der Waals surface area contributed by atoms with E-state index >= 15 is 0 Å². The average molecular weight is 223 g/mol. The average Bonchev–Trinajstić information content (AvgIpc) is 2.28. The minimum Gasteiger partial charge on any atom is -0.480 e. The Balaban J connectivity index is 2.63. The van der Waals surface area contributed by atoms with Gasteiger partial charge in [-0.15, -0.1) is 0 Å². The first-order valence-electron chi connectivity index (χ1n) is 4.69. The molecule has 0 spiro atoms. The largest absolute Gasteiger partial charge is 0.480 e. The highest BCUT2D eigenvalue weighted by molar-refractivity contribution is 5.91. The van der Waals surface area contributed by atoms with Gasteiger partial charge in [0, 0.05) is 13.2 Å². The van der Waals surface area contributed by atoms with Gasteiger partial charge in [-0.3, -0.25) is 4.98 Å². The van der Waals surface area contributed by atoms with Crippen molar-refractivity contribution < 1.29 is 14.7 Å². The number of urea groups is 1. The topological polar surface area (TPSA) is 82.5 Å². The summed E-state index contributed by atoms with van der Waals surface area (Å²) in [5.41, 5.74) is 0.525. The van der Waals surface area contributed by atoms with Crippen LogP contribution in [0.15, 0.2) is 24.5 Å². The monoisotopic (exact) mass is 223 g/mol. The lowest BCUT2D eigenvalue weighted by Crippen LogP contribution is -2.42. The summed E-state index contributed by atoms with van der Waals surface area (Å²) in [6.45, 7) is 1.44. The number of aliphatic carboxylic acids is 1. The zero-order valence-corrected chi connectivity index (χ0v) is 9.04. The fourth-order valence-electron chi connectivity index (χ4n) is 0.990. The molecule has 0 aliphatic carbocycles. The minimum absolute atomic E-state index is 0.483. The molecule has 1 atom stereocenters. The van der Waals surface area contributed by atoms with Gasteiger partial charge in [0.2, 0.25) is 0 Å². The second kappa shape index (κ2) is 5.11. The van der Waals surface area contributed by atoms with Gasteiger partial charge in [-0.25, -0.2) is 9.59 Å². The SMILES string of the molecule is CC(C(=O)O)N(C)C(=O)Nc1cccnc1. The van der Waals surface area contributed by atoms with Crippen LogP contribution in [0.5, 0.6) is 0 Å². The molecule has 0 aliphatic heterocycles. The lowest BCUT2D eigenvalue weighted by atomic mass is 10.3. The molecule has 1 rings (SSSR count). The van der Waals surface area contributed by atoms with Crippen molar-refractivity contribution in [2.45, 2.75) is 13.0 Å². The molecule has 16 heavy (non-hydrogen) atoms. The number of carbonyl (C=O) groups excluding carboxylic acids is 1. The van der Waals surface area contributed by atoms with Crippen molar-refractivity contribution in [3.05, 3.63) is 24.5 Å². The zero-order valence-electron chi connectivity index (χ0n) is 9.04. The molecule has 6 nitrogen and oxygen atoms in total. The number of pyridine rings is 1. The molecule has 0 aliphatic rings. The predicted molar refractivity (Wildman–Crippen MR) is 58.1 cm³/mol. The number of hydrogen-bond donors (Lipinski definition) is 2. The molecule has 0 aromatic carbocycles. The summed E-state index contributed by atoms with van der Waals surface area (Å²) in [6.07, 6.45) is 3.07. The number of rotatable bonds is 3. The van der Waals surface area contributed by atoms with Crippen molar-refractivity contribution in [2.24, 2.45) is 0 Å². The predicted octanol–water partition coefficient (Wildman–Crippen LogP) is 1.02. The summed E-state index contributed by atoms with van der Waals surface area (Å²) >= 11 is 0. The number of carboxylic acid groups (broad SMARTS) is 1. The Labute approximate surface area is 92.9 Å². The summed E-state index contributed by atoms with van der Waals surface area (Å²) in [4.78, 5) is 27.2. The van der Waals surface area contributed by atoms with Crippen molar-refractivity contribution in [3.8, 4) is 0 Å². The Kier molecular flexibility index (Phi) is 3.82. The Bertz CT molecular complexity index is 380. The Morgan fingerprint density at radius 2 is 2.25 bits per heavy atom. The van der Waals surface area contributed by atoms with Crippen molar-refractivity contribution in [2.75, 3.05) is 12.4 Å². The van der Waals surface area contributed by atoms with Crippen LogP contribution in [0.1, 0.15) is 6.92 Å². The van der Waals surface area contributed by atoms with E-state index in [1.165, 1.54) is 20.2 Å². The third kappa shape index (κ3) is 2.94. The summed E-state index contributed by atoms with van der Waals surface area (Å²) in [5, 5.41) is 11.3. The maximum atomic E-state index is 11.6. The Morgan fingerprint density at radius 1 is 1.56 bits per heavy atom. The molecule has 86 valence electrons. The third-order valence-corrected chi connectivity index (χ3v) is 2.17. The second-order valence-electron chi connectivity index (χ2n) is 3.30. The van der Waals surface area contributed by atoms with Crippen LogP contribution in [0.3, 0.4) is 0 Å². The second-order valence-corrected chi connectivity index (χ2v) is 3.30. The van der Waals surface area contributed by atoms with E-state index in [0.717, 1.165) is 4.90 Å². The van der Waals surface area contributed by atoms with Gasteiger partial charge in [0.05, 0.1) is 11.9 Å². The van der Waals surface area contributed by atoms with Gasteiger partial charge in [0.1, 0.15) is 6.04 Å². The van der Waals surface area contributed by atoms with E-state index in [1.807, 2.05) is 0 Å². The highest BCUT2D eigenvalue weighted by Crippen LogP contribution is 2.05. The summed E-state index contributed by atoms with van der Waals surface area (Å²) < 4.78 is 0. The first-order chi connectivity index (χ1) is 7.52. The molecule has 2 N–H and O–H groups in total. The van der Waals surface area contributed by atoms with E-state index in [2.05, 4.69) is 10.3 Å². The Morgan fingerprint density at radius 3 is 2.75 bits per heavy atom. The van der Waals surface area contributed by atoms with E-state index in [0.29, 0.717) is 5.69 Å². The molecule has 2 amide bonds. The minimum atomic E-state index is -1.05. The van der Waals surface area contributed by atoms with Crippen molar-refractivity contribution in [1.82, 2.24) is 9.88 Å². The van der Waals surface area contributed by atoms with Crippen LogP contribution in [0.25, 0.3) is 0 Å². The molecule has 1 aromatic heterocycles. The summed E-state index contributed by atoms with van der Waals surface area (Å²) in [7, 11) is 1.42. The van der Waals surface area contributed by atoms with Gasteiger partial charge in [0.25, 0.3) is 0 Å². The van der Waals surface area contributed by atoms with Gasteiger partial charge in [-0.2, -0.15) is 0 Å². The smallest absolute Gasteiger partial charge is 0.326 e. The number of carbonyl (C=O) groups is 2. The number of aromatic nitrogens is 1. The van der Waals surface area contributed by atoms with Gasteiger partial charge >= 0.3 is 12.0 Å². The quantitative estimate of drug-likeness (QED) is 0.801. The molecule has 0 saturated carbocycles. The normalized spacial score (nSPS) is 11.6. The van der Waals surface area contributed by atoms with Crippen LogP contribution in [0, 0.1) is 0 Å². The zero-order chi connectivity index (χ0) is 12.1. The number of likely N-dealkylation sites (N-methyl/N-ethyl adjacent to an activating group) is 1. The van der Waals surface area contributed by atoms with Crippen molar-refractivity contribution in [1.29, 1.82) is 0 Å². The van der Waals surface area contributed by atoms with Crippen LogP contribution < -0.4 is 5.32 Å². The van der Waals surface area contributed by atoms with Crippen LogP contribution in [0.4, 0.5) is 10.5 Å². The van der Waals surface area contributed by atoms with Crippen molar-refractivity contribution >= 4 is 17.7 Å². The van der Waals surface area contributed by atoms with Crippen LogP contribution in [0.2, 0.25) is 0 Å². The standard InChI is InChI=1S/C10H13N3O3/c1-7(9(14)15)13(2)10(16)12-8-4-3-5-11-6-8/h3-7H,1-2H3,(H,12,16)(H,14,15). The molecular formula is C10H13N3O3. The highest BCUT2D eigenvalue weighted by atomic mass is 16.4. The van der Waals surface area contributed by atoms with Gasteiger partial charge in [-0.05, 0) is 19.1 Å². The molecule has 0 radical (unpaired) electrons. The molecule has 1 aromatic rings. The summed E-state index contributed by atoms with van der Waals surface area (Å²) in [5.74, 6) is -1.05. The van der Waals surface area contributed by atoms with Crippen LogP contribution >= 0.6 is 0 Å². The van der Waals surface area contributed by atoms with Crippen LogP contribution in [-0.4, -0.2) is 40.1 Å². The maximum Gasteiger partial charge on any atom is 0.326 e. The first-order valence-corrected chi connectivity index (χ1v) is 4.69. The third-order valence-electron chi connectivity index (χ3n) is 2.17. The van der Waals surface area contributed by atoms with Gasteiger partial charge in [0.15, 0.2) is 0 Å². The highest BCUT2D eigenvalue weighted by Gasteiger charge is 2.21. The molecule has 1 heterocycles. The van der Waals surface area contributed by atoms with E-state index < -0.39 is 18.0 Å². The number of nitrogens with one attached hydrogen (secondary N) is 1. The Hall–Kier alpha value is -2.11. The number of carboxylic acids is 1. The number of anilines is 1. The molecule has 0 saturated heterocycles. The lowest BCUT2D eigenvalue weighted by molar-refractivity contribution is -0.141. The van der Waals surface area contributed by atoms with Gasteiger partial charge < -0.3 is 15.3 Å². The fraction of sp³-hybridized carbons (Fsp3) is 0.300. The fourth-order valence-corrected chi connectivity index (χ4v) is 0.990. The number of nitrogens with zero attached hydrogens (tertiary/aromatic N) is 2. The van der Waals surface area contributed by atoms with Gasteiger partial charge in [-0.1, -0.05) is 0 Å². The van der Waals surface area contributed by atoms with E-state index in [-0.39, 0.29) is 0 Å². The van der Waals surface area contributed by atoms with Crippen molar-refractivity contribution in [3.63, 3.8) is 0 Å². The number of hydrogen-bond acceptors (Lipinski definition) is 3. The molecule has 0 fully saturated rings. The molecule has 6 heteroatoms. The number of amides is 2. The first kappa shape index (κ1) is 12.0. The molecule has 0 bridgehead atoms. The van der Waals surface area contributed by atoms with E-state index in [1.54, 1.807) is 18.3 Å². The van der Waals surface area contributed by atoms with E-state index in [4.69, 9.17) is 5.11 Å². The molecule has 1 unspecified atom stereocenters.